The number of ether oxygens (including phenoxy) is 2. The van der Waals surface area contributed by atoms with Gasteiger partial charge in [-0.1, -0.05) is 0 Å². The van der Waals surface area contributed by atoms with Crippen LogP contribution >= 0.6 is 0 Å². The van der Waals surface area contributed by atoms with Crippen molar-refractivity contribution >= 4 is 5.91 Å². The van der Waals surface area contributed by atoms with E-state index in [0.29, 0.717) is 17.1 Å². The fourth-order valence-corrected chi connectivity index (χ4v) is 2.54. The molecule has 1 N–H and O–H groups in total. The molecule has 24 heavy (non-hydrogen) atoms. The average molecular weight is 331 g/mol. The largest absolute Gasteiger partial charge is 0.497 e. The van der Waals surface area contributed by atoms with Crippen molar-refractivity contribution < 1.29 is 23.8 Å². The summed E-state index contributed by atoms with van der Waals surface area (Å²) >= 11 is 0. The molecule has 126 valence electrons. The first-order chi connectivity index (χ1) is 11.6. The van der Waals surface area contributed by atoms with Crippen LogP contribution in [0.3, 0.4) is 0 Å². The lowest BCUT2D eigenvalue weighted by atomic mass is 10.2. The van der Waals surface area contributed by atoms with Gasteiger partial charge in [-0.05, 0) is 48.5 Å². The number of carbonyl (C=O) groups excluding carboxylic acids is 1. The minimum atomic E-state index is -1.38. The molecule has 2 aromatic rings. The topological polar surface area (TPSA) is 59.0 Å². The van der Waals surface area contributed by atoms with Gasteiger partial charge in [0.15, 0.2) is 0 Å². The van der Waals surface area contributed by atoms with Gasteiger partial charge in [-0.2, -0.15) is 0 Å². The zero-order valence-corrected chi connectivity index (χ0v) is 13.2. The van der Waals surface area contributed by atoms with Gasteiger partial charge in [-0.3, -0.25) is 4.79 Å². The van der Waals surface area contributed by atoms with Gasteiger partial charge in [-0.15, -0.1) is 0 Å². The third-order valence-electron chi connectivity index (χ3n) is 3.90. The molecule has 2 atom stereocenters. The van der Waals surface area contributed by atoms with Crippen molar-refractivity contribution in [2.24, 2.45) is 0 Å². The molecule has 1 aliphatic rings. The highest BCUT2D eigenvalue weighted by Gasteiger charge is 2.34. The number of likely N-dealkylation sites (tertiary alicyclic amines) is 1. The zero-order valence-electron chi connectivity index (χ0n) is 13.2. The highest BCUT2D eigenvalue weighted by molar-refractivity contribution is 5.94. The molecule has 0 radical (unpaired) electrons. The summed E-state index contributed by atoms with van der Waals surface area (Å²) in [6.45, 7) is -0.0613. The third-order valence-corrected chi connectivity index (χ3v) is 3.90. The Morgan fingerprint density at radius 1 is 1.04 bits per heavy atom. The van der Waals surface area contributed by atoms with Crippen LogP contribution in [-0.2, 0) is 0 Å². The van der Waals surface area contributed by atoms with E-state index in [4.69, 9.17) is 9.47 Å². The van der Waals surface area contributed by atoms with Gasteiger partial charge in [-0.25, -0.2) is 4.39 Å². The van der Waals surface area contributed by atoms with Crippen LogP contribution < -0.4 is 9.47 Å². The number of amides is 1. The summed E-state index contributed by atoms with van der Waals surface area (Å²) in [4.78, 5) is 13.6. The normalized spacial score (nSPS) is 20.0. The fraction of sp³-hybridized carbons (Fsp3) is 0.278. The number of hydrogen-bond acceptors (Lipinski definition) is 4. The van der Waals surface area contributed by atoms with Gasteiger partial charge in [0, 0.05) is 12.1 Å². The lowest BCUT2D eigenvalue weighted by molar-refractivity contribution is 0.0764. The number of aliphatic hydroxyl groups excluding tert-OH is 1. The maximum Gasteiger partial charge on any atom is 0.254 e. The Morgan fingerprint density at radius 2 is 1.58 bits per heavy atom. The molecule has 1 aliphatic heterocycles. The smallest absolute Gasteiger partial charge is 0.254 e. The van der Waals surface area contributed by atoms with E-state index in [1.54, 1.807) is 55.6 Å². The first-order valence-corrected chi connectivity index (χ1v) is 7.60. The first-order valence-electron chi connectivity index (χ1n) is 7.60. The molecule has 1 amide bonds. The van der Waals surface area contributed by atoms with Crippen LogP contribution in [0.25, 0.3) is 0 Å². The maximum absolute atomic E-state index is 13.3. The molecule has 5 nitrogen and oxygen atoms in total. The highest BCUT2D eigenvalue weighted by atomic mass is 19.1. The lowest BCUT2D eigenvalue weighted by Crippen LogP contribution is -2.29. The summed E-state index contributed by atoms with van der Waals surface area (Å²) in [6, 6.07) is 13.8. The van der Waals surface area contributed by atoms with Crippen molar-refractivity contribution in [3.05, 3.63) is 54.1 Å². The number of methoxy groups -OCH3 is 1. The van der Waals surface area contributed by atoms with E-state index in [-0.39, 0.29) is 19.0 Å². The molecule has 0 unspecified atom stereocenters. The van der Waals surface area contributed by atoms with Crippen LogP contribution in [0.15, 0.2) is 48.5 Å². The van der Waals surface area contributed by atoms with E-state index < -0.39 is 12.3 Å². The first kappa shape index (κ1) is 16.3. The number of halogens is 1. The van der Waals surface area contributed by atoms with E-state index in [2.05, 4.69) is 0 Å². The molecule has 0 saturated carbocycles. The predicted molar refractivity (Wildman–Crippen MR) is 86.3 cm³/mol. The Bertz CT molecular complexity index is 692. The van der Waals surface area contributed by atoms with Crippen LogP contribution in [0.4, 0.5) is 4.39 Å². The van der Waals surface area contributed by atoms with E-state index in [0.717, 1.165) is 5.75 Å². The van der Waals surface area contributed by atoms with Crippen LogP contribution in [0.5, 0.6) is 17.2 Å². The third kappa shape index (κ3) is 3.49. The fourth-order valence-electron chi connectivity index (χ4n) is 2.54. The van der Waals surface area contributed by atoms with E-state index in [1.807, 2.05) is 0 Å². The molecule has 0 aliphatic carbocycles. The number of benzene rings is 2. The lowest BCUT2D eigenvalue weighted by Gasteiger charge is -2.15. The van der Waals surface area contributed by atoms with Crippen molar-refractivity contribution in [3.63, 3.8) is 0 Å². The minimum Gasteiger partial charge on any atom is -0.497 e. The van der Waals surface area contributed by atoms with Gasteiger partial charge in [0.2, 0.25) is 0 Å². The van der Waals surface area contributed by atoms with Gasteiger partial charge >= 0.3 is 0 Å². The van der Waals surface area contributed by atoms with Gasteiger partial charge < -0.3 is 19.5 Å². The average Bonchev–Trinajstić information content (AvgIpc) is 2.95. The van der Waals surface area contributed by atoms with Crippen molar-refractivity contribution in [3.8, 4) is 17.2 Å². The Labute approximate surface area is 139 Å². The Morgan fingerprint density at radius 3 is 2.08 bits per heavy atom. The number of β-amino-alcohol motifs (C(OH)–C–C–N with tert-alkyl or cyclic N) is 1. The molecular formula is C18H18FNO4. The van der Waals surface area contributed by atoms with Crippen LogP contribution in [0.1, 0.15) is 10.4 Å². The second-order valence-electron chi connectivity index (χ2n) is 5.60. The van der Waals surface area contributed by atoms with Crippen LogP contribution in [-0.4, -0.2) is 48.4 Å². The Balaban J connectivity index is 1.65. The Hall–Kier alpha value is -2.60. The van der Waals surface area contributed by atoms with E-state index in [1.165, 1.54) is 4.90 Å². The van der Waals surface area contributed by atoms with Crippen molar-refractivity contribution in [1.29, 1.82) is 0 Å². The molecular weight excluding hydrogens is 313 g/mol. The Kier molecular flexibility index (Phi) is 4.66. The number of hydrogen-bond donors (Lipinski definition) is 1. The summed E-state index contributed by atoms with van der Waals surface area (Å²) in [5.74, 6) is 1.67. The number of alkyl halides is 1. The van der Waals surface area contributed by atoms with Gasteiger partial charge in [0.25, 0.3) is 5.91 Å². The second-order valence-corrected chi connectivity index (χ2v) is 5.60. The molecule has 0 bridgehead atoms. The summed E-state index contributed by atoms with van der Waals surface area (Å²) in [7, 11) is 1.59. The number of rotatable bonds is 4. The van der Waals surface area contributed by atoms with Gasteiger partial charge in [0.1, 0.15) is 29.5 Å². The van der Waals surface area contributed by atoms with Crippen molar-refractivity contribution in [1.82, 2.24) is 4.90 Å². The number of nitrogens with zero attached hydrogens (tertiary/aromatic N) is 1. The summed E-state index contributed by atoms with van der Waals surface area (Å²) in [5.41, 5.74) is 0.429. The molecule has 1 heterocycles. The van der Waals surface area contributed by atoms with E-state index in [9.17, 15) is 14.3 Å². The molecule has 1 saturated heterocycles. The van der Waals surface area contributed by atoms with Crippen LogP contribution in [0.2, 0.25) is 0 Å². The molecule has 3 rings (SSSR count). The molecule has 2 aromatic carbocycles. The monoisotopic (exact) mass is 331 g/mol. The highest BCUT2D eigenvalue weighted by Crippen LogP contribution is 2.25. The number of aliphatic hydroxyl groups is 1. The zero-order chi connectivity index (χ0) is 17.1. The standard InChI is InChI=1S/C18H18FNO4/c1-23-13-6-8-15(9-7-13)24-14-4-2-12(3-5-14)18(22)20-10-16(19)17(21)11-20/h2-9,16-17,21H,10-11H2,1H3/t16-,17-/m1/s1. The van der Waals surface area contributed by atoms with Crippen LogP contribution in [0, 0.1) is 0 Å². The summed E-state index contributed by atoms with van der Waals surface area (Å²) < 4.78 is 24.1. The second kappa shape index (κ2) is 6.88. The molecule has 1 fully saturated rings. The maximum atomic E-state index is 13.3. The molecule has 0 spiro atoms. The predicted octanol–water partition coefficient (Wildman–Crippen LogP) is 2.64. The minimum absolute atomic E-state index is 0.0180. The summed E-state index contributed by atoms with van der Waals surface area (Å²) in [6.07, 6.45) is -2.49. The van der Waals surface area contributed by atoms with Gasteiger partial charge in [0.05, 0.1) is 13.7 Å². The number of carbonyl (C=O) groups is 1. The summed E-state index contributed by atoms with van der Waals surface area (Å²) in [5, 5.41) is 9.41. The molecule has 0 aromatic heterocycles. The SMILES string of the molecule is COc1ccc(Oc2ccc(C(=O)N3C[C@@H](O)[C@H](F)C3)cc2)cc1. The van der Waals surface area contributed by atoms with Crippen molar-refractivity contribution in [2.75, 3.05) is 20.2 Å². The quantitative estimate of drug-likeness (QED) is 0.936. The molecule has 6 heteroatoms. The van der Waals surface area contributed by atoms with Crippen molar-refractivity contribution in [2.45, 2.75) is 12.3 Å². The van der Waals surface area contributed by atoms with E-state index >= 15 is 0 Å².